The molecule has 32 heavy (non-hydrogen) atoms. The second-order valence-electron chi connectivity index (χ2n) is 7.95. The zero-order chi connectivity index (χ0) is 23.0. The molecule has 170 valence electrons. The number of hydrogen-bond donors (Lipinski definition) is 2. The molecule has 0 unspecified atom stereocenters. The monoisotopic (exact) mass is 437 g/mol. The summed E-state index contributed by atoms with van der Waals surface area (Å²) in [6.07, 6.45) is 3.30. The van der Waals surface area contributed by atoms with Crippen LogP contribution in [0.3, 0.4) is 0 Å². The predicted molar refractivity (Wildman–Crippen MR) is 123 cm³/mol. The highest BCUT2D eigenvalue weighted by atomic mass is 16.5. The molecule has 7 nitrogen and oxygen atoms in total. The Hall–Kier alpha value is -3.35. The smallest absolute Gasteiger partial charge is 0.317 e. The molecule has 0 bridgehead atoms. The molecule has 0 saturated heterocycles. The van der Waals surface area contributed by atoms with Gasteiger partial charge in [0.15, 0.2) is 6.61 Å². The van der Waals surface area contributed by atoms with Crippen molar-refractivity contribution < 1.29 is 19.1 Å². The standard InChI is InChI=1S/C25H31N3O4/c1-3-28(4-2)21-14-12-19(13-15-21)23(30)27-26-22(29)18-32-24(31)25(16-8-9-17-25)20-10-6-5-7-11-20/h5-7,10-15H,3-4,8-9,16-18H2,1-2H3,(H,26,29)(H,27,30). The molecular weight excluding hydrogens is 406 g/mol. The van der Waals surface area contributed by atoms with Crippen LogP contribution in [0.1, 0.15) is 55.5 Å². The molecule has 1 aliphatic rings. The lowest BCUT2D eigenvalue weighted by atomic mass is 9.79. The largest absolute Gasteiger partial charge is 0.455 e. The minimum atomic E-state index is -0.697. The molecule has 1 aliphatic carbocycles. The van der Waals surface area contributed by atoms with E-state index in [-0.39, 0.29) is 0 Å². The fourth-order valence-corrected chi connectivity index (χ4v) is 4.26. The van der Waals surface area contributed by atoms with Gasteiger partial charge in [0.05, 0.1) is 5.41 Å². The normalized spacial score (nSPS) is 14.4. The van der Waals surface area contributed by atoms with Gasteiger partial charge in [0.2, 0.25) is 0 Å². The third kappa shape index (κ3) is 5.28. The number of anilines is 1. The first-order valence-electron chi connectivity index (χ1n) is 11.2. The molecule has 0 spiro atoms. The Morgan fingerprint density at radius 2 is 1.53 bits per heavy atom. The van der Waals surface area contributed by atoms with Crippen LogP contribution in [0.4, 0.5) is 5.69 Å². The summed E-state index contributed by atoms with van der Waals surface area (Å²) in [5.74, 6) is -1.42. The van der Waals surface area contributed by atoms with Crippen molar-refractivity contribution in [2.75, 3.05) is 24.6 Å². The number of ether oxygens (including phenoxy) is 1. The molecule has 0 aromatic heterocycles. The van der Waals surface area contributed by atoms with Crippen molar-refractivity contribution in [3.63, 3.8) is 0 Å². The Morgan fingerprint density at radius 3 is 2.12 bits per heavy atom. The number of amides is 2. The Bertz CT molecular complexity index is 918. The van der Waals surface area contributed by atoms with Gasteiger partial charge in [-0.25, -0.2) is 0 Å². The van der Waals surface area contributed by atoms with Crippen molar-refractivity contribution in [2.45, 2.75) is 44.9 Å². The Kier molecular flexibility index (Phi) is 7.87. The molecule has 3 rings (SSSR count). The number of esters is 1. The Balaban J connectivity index is 1.50. The lowest BCUT2D eigenvalue weighted by Crippen LogP contribution is -2.44. The first-order valence-corrected chi connectivity index (χ1v) is 11.2. The first kappa shape index (κ1) is 23.3. The van der Waals surface area contributed by atoms with E-state index in [0.717, 1.165) is 37.2 Å². The second kappa shape index (κ2) is 10.8. The minimum absolute atomic E-state index is 0.394. The molecule has 2 N–H and O–H groups in total. The molecular formula is C25H31N3O4. The van der Waals surface area contributed by atoms with Gasteiger partial charge >= 0.3 is 5.97 Å². The lowest BCUT2D eigenvalue weighted by Gasteiger charge is -2.27. The van der Waals surface area contributed by atoms with Crippen molar-refractivity contribution in [1.82, 2.24) is 10.9 Å². The van der Waals surface area contributed by atoms with Crippen LogP contribution >= 0.6 is 0 Å². The van der Waals surface area contributed by atoms with Gasteiger partial charge < -0.3 is 9.64 Å². The third-order valence-corrected chi connectivity index (χ3v) is 6.08. The highest BCUT2D eigenvalue weighted by Gasteiger charge is 2.44. The van der Waals surface area contributed by atoms with E-state index >= 15 is 0 Å². The molecule has 0 aliphatic heterocycles. The number of carbonyl (C=O) groups excluding carboxylic acids is 3. The number of nitrogens with one attached hydrogen (secondary N) is 2. The van der Waals surface area contributed by atoms with Gasteiger partial charge in [-0.2, -0.15) is 0 Å². The van der Waals surface area contributed by atoms with Crippen LogP contribution in [0, 0.1) is 0 Å². The Morgan fingerprint density at radius 1 is 0.906 bits per heavy atom. The van der Waals surface area contributed by atoms with Crippen molar-refractivity contribution in [1.29, 1.82) is 0 Å². The third-order valence-electron chi connectivity index (χ3n) is 6.08. The summed E-state index contributed by atoms with van der Waals surface area (Å²) in [5, 5.41) is 0. The molecule has 7 heteroatoms. The van der Waals surface area contributed by atoms with Crippen molar-refractivity contribution in [3.05, 3.63) is 65.7 Å². The molecule has 1 fully saturated rings. The minimum Gasteiger partial charge on any atom is -0.455 e. The first-order chi connectivity index (χ1) is 15.5. The fourth-order valence-electron chi connectivity index (χ4n) is 4.26. The van der Waals surface area contributed by atoms with Gasteiger partial charge in [-0.15, -0.1) is 0 Å². The van der Waals surface area contributed by atoms with Gasteiger partial charge in [0, 0.05) is 24.3 Å². The van der Waals surface area contributed by atoms with E-state index in [1.807, 2.05) is 42.5 Å². The van der Waals surface area contributed by atoms with Crippen molar-refractivity contribution >= 4 is 23.5 Å². The van der Waals surface area contributed by atoms with Crippen LogP contribution in [0.5, 0.6) is 0 Å². The fraction of sp³-hybridized carbons (Fsp3) is 0.400. The van der Waals surface area contributed by atoms with Crippen LogP contribution in [-0.2, 0) is 19.7 Å². The highest BCUT2D eigenvalue weighted by molar-refractivity contribution is 5.96. The zero-order valence-corrected chi connectivity index (χ0v) is 18.7. The van der Waals surface area contributed by atoms with Crippen LogP contribution in [-0.4, -0.2) is 37.5 Å². The summed E-state index contributed by atoms with van der Waals surface area (Å²) < 4.78 is 5.34. The Labute approximate surface area is 189 Å². The number of nitrogens with zero attached hydrogens (tertiary/aromatic N) is 1. The van der Waals surface area contributed by atoms with Gasteiger partial charge in [-0.05, 0) is 56.5 Å². The summed E-state index contributed by atoms with van der Waals surface area (Å²) in [5.41, 5.74) is 6.36. The van der Waals surface area contributed by atoms with Gasteiger partial charge in [0.1, 0.15) is 0 Å². The molecule has 0 heterocycles. The highest BCUT2D eigenvalue weighted by Crippen LogP contribution is 2.42. The SMILES string of the molecule is CCN(CC)c1ccc(C(=O)NNC(=O)COC(=O)C2(c3ccccc3)CCCC2)cc1. The maximum Gasteiger partial charge on any atom is 0.317 e. The summed E-state index contributed by atoms with van der Waals surface area (Å²) in [6, 6.07) is 16.7. The van der Waals surface area contributed by atoms with Gasteiger partial charge in [-0.1, -0.05) is 43.2 Å². The van der Waals surface area contributed by atoms with Crippen molar-refractivity contribution in [3.8, 4) is 0 Å². The summed E-state index contributed by atoms with van der Waals surface area (Å²) in [7, 11) is 0. The zero-order valence-electron chi connectivity index (χ0n) is 18.7. The summed E-state index contributed by atoms with van der Waals surface area (Å²) >= 11 is 0. The van der Waals surface area contributed by atoms with E-state index in [4.69, 9.17) is 4.74 Å². The number of benzene rings is 2. The van der Waals surface area contributed by atoms with Crippen LogP contribution in [0.2, 0.25) is 0 Å². The molecule has 1 saturated carbocycles. The molecule has 2 aromatic rings. The summed E-state index contributed by atoms with van der Waals surface area (Å²) in [4.78, 5) is 39.5. The lowest BCUT2D eigenvalue weighted by molar-refractivity contribution is -0.154. The average molecular weight is 438 g/mol. The maximum absolute atomic E-state index is 12.9. The quantitative estimate of drug-likeness (QED) is 0.489. The average Bonchev–Trinajstić information content (AvgIpc) is 3.34. The van der Waals surface area contributed by atoms with E-state index in [2.05, 4.69) is 29.6 Å². The van der Waals surface area contributed by atoms with E-state index in [9.17, 15) is 14.4 Å². The number of carbonyl (C=O) groups is 3. The number of hydrazine groups is 1. The van der Waals surface area contributed by atoms with E-state index in [1.165, 1.54) is 0 Å². The topological polar surface area (TPSA) is 87.7 Å². The van der Waals surface area contributed by atoms with Crippen LogP contribution in [0.15, 0.2) is 54.6 Å². The van der Waals surface area contributed by atoms with Crippen LogP contribution < -0.4 is 15.8 Å². The second-order valence-corrected chi connectivity index (χ2v) is 7.95. The van der Waals surface area contributed by atoms with Crippen LogP contribution in [0.25, 0.3) is 0 Å². The number of hydrogen-bond acceptors (Lipinski definition) is 5. The molecule has 2 amide bonds. The van der Waals surface area contributed by atoms with E-state index in [0.29, 0.717) is 18.4 Å². The van der Waals surface area contributed by atoms with Gasteiger partial charge in [-0.3, -0.25) is 25.2 Å². The molecule has 0 atom stereocenters. The molecule has 0 radical (unpaired) electrons. The van der Waals surface area contributed by atoms with Gasteiger partial charge in [0.25, 0.3) is 11.8 Å². The van der Waals surface area contributed by atoms with E-state index < -0.39 is 29.8 Å². The van der Waals surface area contributed by atoms with Crippen molar-refractivity contribution in [2.24, 2.45) is 0 Å². The summed E-state index contributed by atoms with van der Waals surface area (Å²) in [6.45, 7) is 5.45. The molecule has 2 aromatic carbocycles. The van der Waals surface area contributed by atoms with E-state index in [1.54, 1.807) is 12.1 Å². The number of rotatable bonds is 8. The maximum atomic E-state index is 12.9. The predicted octanol–water partition coefficient (Wildman–Crippen LogP) is 3.35.